The van der Waals surface area contributed by atoms with E-state index >= 15 is 0 Å². The van der Waals surface area contributed by atoms with Gasteiger partial charge in [-0.25, -0.2) is 4.98 Å². The monoisotopic (exact) mass is 317 g/mol. The number of hydrogen-bond donors (Lipinski definition) is 1. The molecule has 82 valence electrons. The van der Waals surface area contributed by atoms with Gasteiger partial charge in [-0.05, 0) is 34.1 Å². The van der Waals surface area contributed by atoms with Crippen LogP contribution in [0.5, 0.6) is 0 Å². The van der Waals surface area contributed by atoms with Crippen LogP contribution in [0.3, 0.4) is 0 Å². The minimum Gasteiger partial charge on any atom is -0.339 e. The molecule has 0 saturated heterocycles. The zero-order chi connectivity index (χ0) is 11.5. The molecule has 2 aromatic rings. The molecule has 0 radical (unpaired) electrons. The van der Waals surface area contributed by atoms with Gasteiger partial charge >= 0.3 is 0 Å². The van der Waals surface area contributed by atoms with E-state index in [1.165, 1.54) is 6.20 Å². The molecule has 16 heavy (non-hydrogen) atoms. The molecule has 0 aliphatic carbocycles. The molecule has 6 heteroatoms. The number of benzene rings is 1. The fraction of sp³-hybridized carbons (Fsp3) is 0. The van der Waals surface area contributed by atoms with Crippen molar-refractivity contribution in [3.05, 3.63) is 45.2 Å². The summed E-state index contributed by atoms with van der Waals surface area (Å²) in [7, 11) is 0. The zero-order valence-corrected chi connectivity index (χ0v) is 11.0. The second-order valence-corrected chi connectivity index (χ2v) is 4.63. The summed E-state index contributed by atoms with van der Waals surface area (Å²) in [6.45, 7) is 0. The van der Waals surface area contributed by atoms with Crippen molar-refractivity contribution in [1.29, 1.82) is 0 Å². The maximum absolute atomic E-state index is 5.89. The summed E-state index contributed by atoms with van der Waals surface area (Å²) in [4.78, 5) is 7.99. The van der Waals surface area contributed by atoms with Crippen LogP contribution >= 0.6 is 39.1 Å². The summed E-state index contributed by atoms with van der Waals surface area (Å²) in [5, 5.41) is 4.07. The quantitative estimate of drug-likeness (QED) is 0.897. The van der Waals surface area contributed by atoms with Gasteiger partial charge < -0.3 is 5.32 Å². The highest BCUT2D eigenvalue weighted by Gasteiger charge is 2.01. The second-order valence-electron chi connectivity index (χ2n) is 2.98. The van der Waals surface area contributed by atoms with E-state index < -0.39 is 0 Å². The van der Waals surface area contributed by atoms with Crippen LogP contribution in [-0.2, 0) is 0 Å². The molecule has 0 bridgehead atoms. The van der Waals surface area contributed by atoms with Crippen LogP contribution in [0.25, 0.3) is 0 Å². The van der Waals surface area contributed by atoms with Crippen molar-refractivity contribution in [3.8, 4) is 0 Å². The van der Waals surface area contributed by atoms with Crippen LogP contribution in [0.4, 0.5) is 11.5 Å². The van der Waals surface area contributed by atoms with E-state index in [0.29, 0.717) is 16.0 Å². The molecule has 1 N–H and O–H groups in total. The average Bonchev–Trinajstić information content (AvgIpc) is 2.24. The molecular weight excluding hydrogens is 313 g/mol. The summed E-state index contributed by atoms with van der Waals surface area (Å²) in [5.41, 5.74) is 0.854. The van der Waals surface area contributed by atoms with Gasteiger partial charge in [-0.15, -0.1) is 0 Å². The van der Waals surface area contributed by atoms with E-state index in [-0.39, 0.29) is 0 Å². The summed E-state index contributed by atoms with van der Waals surface area (Å²) < 4.78 is 0.814. The van der Waals surface area contributed by atoms with E-state index in [1.807, 2.05) is 12.1 Å². The van der Waals surface area contributed by atoms with Crippen molar-refractivity contribution in [2.45, 2.75) is 0 Å². The van der Waals surface area contributed by atoms with Gasteiger partial charge in [0.05, 0.1) is 17.4 Å². The van der Waals surface area contributed by atoms with E-state index in [2.05, 4.69) is 31.2 Å². The molecule has 0 atom stereocenters. The summed E-state index contributed by atoms with van der Waals surface area (Å²) in [6.07, 6.45) is 3.07. The zero-order valence-electron chi connectivity index (χ0n) is 7.92. The van der Waals surface area contributed by atoms with Gasteiger partial charge in [0, 0.05) is 10.2 Å². The second kappa shape index (κ2) is 4.99. The predicted octanol–water partition coefficient (Wildman–Crippen LogP) is 4.29. The number of anilines is 2. The van der Waals surface area contributed by atoms with Gasteiger partial charge in [-0.3, -0.25) is 4.98 Å². The summed E-state index contributed by atoms with van der Waals surface area (Å²) in [6, 6.07) is 5.48. The van der Waals surface area contributed by atoms with Crippen LogP contribution in [0.2, 0.25) is 10.2 Å². The van der Waals surface area contributed by atoms with Crippen molar-refractivity contribution in [3.63, 3.8) is 0 Å². The highest BCUT2D eigenvalue weighted by atomic mass is 79.9. The number of aromatic nitrogens is 2. The molecule has 1 heterocycles. The summed E-state index contributed by atoms with van der Waals surface area (Å²) >= 11 is 14.9. The van der Waals surface area contributed by atoms with Crippen molar-refractivity contribution in [1.82, 2.24) is 9.97 Å². The van der Waals surface area contributed by atoms with Gasteiger partial charge in [-0.1, -0.05) is 23.2 Å². The van der Waals surface area contributed by atoms with E-state index in [9.17, 15) is 0 Å². The highest BCUT2D eigenvalue weighted by Crippen LogP contribution is 2.26. The lowest BCUT2D eigenvalue weighted by Gasteiger charge is -2.06. The number of hydrogen-bond acceptors (Lipinski definition) is 3. The molecule has 0 fully saturated rings. The number of nitrogens with one attached hydrogen (secondary N) is 1. The van der Waals surface area contributed by atoms with Crippen molar-refractivity contribution in [2.24, 2.45) is 0 Å². The standard InChI is InChI=1S/C10H6BrCl2N3/c11-7-3-6(1-2-8(7)12)15-10-5-14-4-9(13)16-10/h1-5H,(H,15,16). The maximum atomic E-state index is 5.89. The molecular formula is C10H6BrCl2N3. The topological polar surface area (TPSA) is 37.8 Å². The third-order valence-corrected chi connectivity index (χ3v) is 3.19. The van der Waals surface area contributed by atoms with E-state index in [1.54, 1.807) is 12.3 Å². The Morgan fingerprint density at radius 3 is 2.69 bits per heavy atom. The minimum absolute atomic E-state index is 0.345. The molecule has 0 amide bonds. The number of rotatable bonds is 2. The van der Waals surface area contributed by atoms with Gasteiger partial charge in [0.25, 0.3) is 0 Å². The molecule has 0 unspecified atom stereocenters. The van der Waals surface area contributed by atoms with E-state index in [4.69, 9.17) is 23.2 Å². The van der Waals surface area contributed by atoms with Gasteiger partial charge in [0.15, 0.2) is 5.82 Å². The number of halogens is 3. The minimum atomic E-state index is 0.345. The molecule has 0 aliphatic heterocycles. The maximum Gasteiger partial charge on any atom is 0.150 e. The third-order valence-electron chi connectivity index (χ3n) is 1.80. The first kappa shape index (κ1) is 11.6. The lowest BCUT2D eigenvalue weighted by Crippen LogP contribution is -1.94. The molecule has 1 aromatic heterocycles. The fourth-order valence-corrected chi connectivity index (χ4v) is 1.77. The molecule has 1 aromatic carbocycles. The lowest BCUT2D eigenvalue weighted by molar-refractivity contribution is 1.20. The van der Waals surface area contributed by atoms with Crippen molar-refractivity contribution in [2.75, 3.05) is 5.32 Å². The molecule has 0 saturated carbocycles. The molecule has 0 aliphatic rings. The third kappa shape index (κ3) is 2.84. The van der Waals surface area contributed by atoms with Gasteiger partial charge in [0.2, 0.25) is 0 Å². The average molecular weight is 319 g/mol. The van der Waals surface area contributed by atoms with E-state index in [0.717, 1.165) is 10.2 Å². The first-order valence-corrected chi connectivity index (χ1v) is 5.89. The molecule has 0 spiro atoms. The van der Waals surface area contributed by atoms with Crippen LogP contribution in [0.15, 0.2) is 35.1 Å². The smallest absolute Gasteiger partial charge is 0.150 e. The first-order chi connectivity index (χ1) is 7.65. The molecule has 2 rings (SSSR count). The van der Waals surface area contributed by atoms with Crippen LogP contribution in [0, 0.1) is 0 Å². The Balaban J connectivity index is 2.24. The van der Waals surface area contributed by atoms with Crippen molar-refractivity contribution < 1.29 is 0 Å². The Bertz CT molecular complexity index is 519. The van der Waals surface area contributed by atoms with Crippen LogP contribution in [-0.4, -0.2) is 9.97 Å². The van der Waals surface area contributed by atoms with Gasteiger partial charge in [0.1, 0.15) is 5.15 Å². The Hall–Kier alpha value is -0.840. The Kier molecular flexibility index (Phi) is 3.63. The Labute approximate surface area is 111 Å². The fourth-order valence-electron chi connectivity index (χ4n) is 1.12. The largest absolute Gasteiger partial charge is 0.339 e. The number of nitrogens with zero attached hydrogens (tertiary/aromatic N) is 2. The van der Waals surface area contributed by atoms with Crippen molar-refractivity contribution >= 4 is 50.6 Å². The summed E-state index contributed by atoms with van der Waals surface area (Å²) in [5.74, 6) is 0.585. The Morgan fingerprint density at radius 2 is 2.00 bits per heavy atom. The SMILES string of the molecule is Clc1cncc(Nc2ccc(Cl)c(Br)c2)n1. The van der Waals surface area contributed by atoms with Crippen LogP contribution in [0.1, 0.15) is 0 Å². The Morgan fingerprint density at radius 1 is 1.19 bits per heavy atom. The predicted molar refractivity (Wildman–Crippen MR) is 69.5 cm³/mol. The van der Waals surface area contributed by atoms with Crippen LogP contribution < -0.4 is 5.32 Å². The lowest BCUT2D eigenvalue weighted by atomic mass is 10.3. The normalized spacial score (nSPS) is 10.2. The highest BCUT2D eigenvalue weighted by molar-refractivity contribution is 9.10. The van der Waals surface area contributed by atoms with Gasteiger partial charge in [-0.2, -0.15) is 0 Å². The molecule has 3 nitrogen and oxygen atoms in total. The first-order valence-electron chi connectivity index (χ1n) is 4.35.